The molecule has 0 amide bonds. The Bertz CT molecular complexity index is 457. The van der Waals surface area contributed by atoms with Crippen molar-refractivity contribution in [1.82, 2.24) is 0 Å². The highest BCUT2D eigenvalue weighted by Gasteiger charge is 2.41. The van der Waals surface area contributed by atoms with Crippen molar-refractivity contribution in [2.45, 2.75) is 25.0 Å². The van der Waals surface area contributed by atoms with Crippen LogP contribution in [0.15, 0.2) is 42.0 Å². The number of nitriles is 1. The van der Waals surface area contributed by atoms with E-state index in [9.17, 15) is 0 Å². The molecule has 2 bridgehead atoms. The minimum Gasteiger partial charge on any atom is -0.365 e. The van der Waals surface area contributed by atoms with Crippen LogP contribution in [0.5, 0.6) is 0 Å². The van der Waals surface area contributed by atoms with E-state index in [0.717, 1.165) is 12.8 Å². The monoisotopic (exact) mass is 211 g/mol. The number of hydrogen-bond acceptors (Lipinski definition) is 2. The Morgan fingerprint density at radius 2 is 2.12 bits per heavy atom. The van der Waals surface area contributed by atoms with E-state index in [0.29, 0.717) is 0 Å². The lowest BCUT2D eigenvalue weighted by Crippen LogP contribution is -2.18. The van der Waals surface area contributed by atoms with Gasteiger partial charge < -0.3 is 4.74 Å². The fourth-order valence-electron chi connectivity index (χ4n) is 2.61. The highest BCUT2D eigenvalue weighted by molar-refractivity contribution is 5.31. The molecule has 0 unspecified atom stereocenters. The summed E-state index contributed by atoms with van der Waals surface area (Å²) < 4.78 is 5.75. The van der Waals surface area contributed by atoms with Gasteiger partial charge in [-0.3, -0.25) is 0 Å². The molecule has 0 saturated carbocycles. The van der Waals surface area contributed by atoms with Crippen LogP contribution in [0, 0.1) is 17.2 Å². The second kappa shape index (κ2) is 3.77. The number of nitrogens with zero attached hydrogens (tertiary/aromatic N) is 1. The second-order valence-corrected chi connectivity index (χ2v) is 4.47. The third-order valence-corrected chi connectivity index (χ3v) is 3.36. The van der Waals surface area contributed by atoms with E-state index < -0.39 is 0 Å². The molecule has 1 fully saturated rings. The van der Waals surface area contributed by atoms with Crippen molar-refractivity contribution in [2.75, 3.05) is 0 Å². The highest BCUT2D eigenvalue weighted by Crippen LogP contribution is 2.39. The standard InChI is InChI=1S/C14H13NO/c15-9-12-8-13-7-11(14(12)16-13)6-10-4-2-1-3-5-10/h1-5,7,12-14H,6,8H2/t12-,13-,14+/m1/s1. The molecule has 0 spiro atoms. The Morgan fingerprint density at radius 3 is 2.81 bits per heavy atom. The molecule has 3 rings (SSSR count). The van der Waals surface area contributed by atoms with Gasteiger partial charge in [-0.25, -0.2) is 0 Å². The average Bonchev–Trinajstić information content (AvgIpc) is 2.89. The van der Waals surface area contributed by atoms with Gasteiger partial charge in [-0.15, -0.1) is 0 Å². The van der Waals surface area contributed by atoms with Gasteiger partial charge in [-0.1, -0.05) is 36.4 Å². The predicted molar refractivity (Wildman–Crippen MR) is 60.6 cm³/mol. The molecule has 2 heterocycles. The molecule has 1 aromatic rings. The molecular formula is C14H13NO. The van der Waals surface area contributed by atoms with E-state index in [2.05, 4.69) is 24.3 Å². The molecular weight excluding hydrogens is 198 g/mol. The zero-order valence-electron chi connectivity index (χ0n) is 8.97. The van der Waals surface area contributed by atoms with Gasteiger partial charge in [-0.05, 0) is 24.0 Å². The van der Waals surface area contributed by atoms with Gasteiger partial charge in [-0.2, -0.15) is 5.26 Å². The Hall–Kier alpha value is -1.59. The molecule has 0 aromatic heterocycles. The molecule has 80 valence electrons. The topological polar surface area (TPSA) is 33.0 Å². The van der Waals surface area contributed by atoms with Crippen molar-refractivity contribution < 1.29 is 4.74 Å². The van der Waals surface area contributed by atoms with Crippen LogP contribution >= 0.6 is 0 Å². The SMILES string of the molecule is N#C[C@H]1C[C@H]2C=C(Cc3ccccc3)[C@@H]1O2. The van der Waals surface area contributed by atoms with E-state index in [4.69, 9.17) is 10.00 Å². The van der Waals surface area contributed by atoms with Crippen molar-refractivity contribution in [3.05, 3.63) is 47.5 Å². The third kappa shape index (κ3) is 1.54. The number of ether oxygens (including phenoxy) is 1. The molecule has 1 aromatic carbocycles. The van der Waals surface area contributed by atoms with Gasteiger partial charge in [0.15, 0.2) is 0 Å². The van der Waals surface area contributed by atoms with E-state index in [-0.39, 0.29) is 18.1 Å². The summed E-state index contributed by atoms with van der Waals surface area (Å²) in [6.07, 6.45) is 4.23. The third-order valence-electron chi connectivity index (χ3n) is 3.36. The first-order chi connectivity index (χ1) is 7.86. The van der Waals surface area contributed by atoms with Crippen molar-refractivity contribution in [1.29, 1.82) is 5.26 Å². The van der Waals surface area contributed by atoms with Crippen LogP contribution in [-0.4, -0.2) is 12.2 Å². The summed E-state index contributed by atoms with van der Waals surface area (Å²) in [6.45, 7) is 0. The highest BCUT2D eigenvalue weighted by atomic mass is 16.5. The summed E-state index contributed by atoms with van der Waals surface area (Å²) in [4.78, 5) is 0. The lowest BCUT2D eigenvalue weighted by atomic mass is 9.87. The van der Waals surface area contributed by atoms with Crippen molar-refractivity contribution in [2.24, 2.45) is 5.92 Å². The maximum absolute atomic E-state index is 9.01. The quantitative estimate of drug-likeness (QED) is 0.704. The molecule has 16 heavy (non-hydrogen) atoms. The summed E-state index contributed by atoms with van der Waals surface area (Å²) in [6, 6.07) is 12.7. The normalized spacial score (nSPS) is 31.2. The number of fused-ring (bicyclic) bond motifs is 2. The maximum Gasteiger partial charge on any atom is 0.0956 e. The molecule has 3 atom stereocenters. The predicted octanol–water partition coefficient (Wildman–Crippen LogP) is 2.47. The zero-order chi connectivity index (χ0) is 11.0. The largest absolute Gasteiger partial charge is 0.365 e. The van der Waals surface area contributed by atoms with Gasteiger partial charge in [0, 0.05) is 0 Å². The summed E-state index contributed by atoms with van der Waals surface area (Å²) >= 11 is 0. The molecule has 0 radical (unpaired) electrons. The fraction of sp³-hybridized carbons (Fsp3) is 0.357. The van der Waals surface area contributed by atoms with Crippen LogP contribution in [0.4, 0.5) is 0 Å². The van der Waals surface area contributed by atoms with E-state index in [1.54, 1.807) is 0 Å². The van der Waals surface area contributed by atoms with Gasteiger partial charge in [0.1, 0.15) is 0 Å². The number of hydrogen-bond donors (Lipinski definition) is 0. The van der Waals surface area contributed by atoms with Gasteiger partial charge in [0.05, 0.1) is 24.2 Å². The smallest absolute Gasteiger partial charge is 0.0956 e. The minimum atomic E-state index is 0.0511. The van der Waals surface area contributed by atoms with E-state index in [1.807, 2.05) is 18.2 Å². The van der Waals surface area contributed by atoms with Crippen LogP contribution in [0.2, 0.25) is 0 Å². The Kier molecular flexibility index (Phi) is 2.27. The van der Waals surface area contributed by atoms with Gasteiger partial charge >= 0.3 is 0 Å². The van der Waals surface area contributed by atoms with Crippen LogP contribution in [0.3, 0.4) is 0 Å². The summed E-state index contributed by atoms with van der Waals surface area (Å²) in [5, 5.41) is 9.01. The average molecular weight is 211 g/mol. The summed E-state index contributed by atoms with van der Waals surface area (Å²) in [5.41, 5.74) is 2.58. The van der Waals surface area contributed by atoms with Crippen LogP contribution < -0.4 is 0 Å². The maximum atomic E-state index is 9.01. The summed E-state index contributed by atoms with van der Waals surface area (Å²) in [7, 11) is 0. The zero-order valence-corrected chi connectivity index (χ0v) is 8.97. The second-order valence-electron chi connectivity index (χ2n) is 4.47. The van der Waals surface area contributed by atoms with Crippen LogP contribution in [-0.2, 0) is 11.2 Å². The van der Waals surface area contributed by atoms with Crippen molar-refractivity contribution >= 4 is 0 Å². The fourth-order valence-corrected chi connectivity index (χ4v) is 2.61. The Morgan fingerprint density at radius 1 is 1.31 bits per heavy atom. The van der Waals surface area contributed by atoms with Gasteiger partial charge in [0.2, 0.25) is 0 Å². The Balaban J connectivity index is 1.79. The first-order valence-corrected chi connectivity index (χ1v) is 5.66. The molecule has 0 N–H and O–H groups in total. The Labute approximate surface area is 95.2 Å². The van der Waals surface area contributed by atoms with Crippen LogP contribution in [0.25, 0.3) is 0 Å². The molecule has 2 aliphatic heterocycles. The number of rotatable bonds is 2. The van der Waals surface area contributed by atoms with Crippen molar-refractivity contribution in [3.8, 4) is 6.07 Å². The lowest BCUT2D eigenvalue weighted by Gasteiger charge is -2.15. The van der Waals surface area contributed by atoms with E-state index >= 15 is 0 Å². The van der Waals surface area contributed by atoms with E-state index in [1.165, 1.54) is 11.1 Å². The van der Waals surface area contributed by atoms with Crippen molar-refractivity contribution in [3.63, 3.8) is 0 Å². The summed E-state index contributed by atoms with van der Waals surface area (Å²) in [5.74, 6) is 0.0636. The molecule has 2 heteroatoms. The first-order valence-electron chi connectivity index (χ1n) is 5.66. The minimum absolute atomic E-state index is 0.0511. The van der Waals surface area contributed by atoms with Gasteiger partial charge in [0.25, 0.3) is 0 Å². The number of benzene rings is 1. The molecule has 1 saturated heterocycles. The first kappa shape index (κ1) is 9.62. The van der Waals surface area contributed by atoms with Crippen LogP contribution in [0.1, 0.15) is 12.0 Å². The molecule has 2 aliphatic rings. The molecule has 2 nitrogen and oxygen atoms in total. The lowest BCUT2D eigenvalue weighted by molar-refractivity contribution is 0.108. The molecule has 0 aliphatic carbocycles.